The molecule has 0 aliphatic carbocycles. The van der Waals surface area contributed by atoms with Crippen LogP contribution in [0.15, 0.2) is 48.5 Å². The van der Waals surface area contributed by atoms with E-state index in [4.69, 9.17) is 4.74 Å². The van der Waals surface area contributed by atoms with Gasteiger partial charge in [-0.05, 0) is 30.9 Å². The van der Waals surface area contributed by atoms with Crippen LogP contribution in [-0.4, -0.2) is 45.1 Å². The van der Waals surface area contributed by atoms with Crippen molar-refractivity contribution in [1.82, 2.24) is 9.62 Å². The average Bonchev–Trinajstić information content (AvgIpc) is 2.69. The number of benzene rings is 2. The molecule has 2 aromatic carbocycles. The molecule has 2 aliphatic heterocycles. The zero-order valence-electron chi connectivity index (χ0n) is 15.8. The summed E-state index contributed by atoms with van der Waals surface area (Å²) in [7, 11) is -3.23. The van der Waals surface area contributed by atoms with Gasteiger partial charge in [0.05, 0.1) is 12.2 Å². The van der Waals surface area contributed by atoms with Crippen molar-refractivity contribution in [3.63, 3.8) is 0 Å². The number of hydrogen-bond acceptors (Lipinski definition) is 4. The molecular formula is C21H24N2O4S. The second-order valence-corrected chi connectivity index (χ2v) is 9.36. The molecular weight excluding hydrogens is 376 g/mol. The van der Waals surface area contributed by atoms with E-state index in [1.165, 1.54) is 0 Å². The fraction of sp³-hybridized carbons (Fsp3) is 0.381. The van der Waals surface area contributed by atoms with Gasteiger partial charge in [-0.25, -0.2) is 13.1 Å². The van der Waals surface area contributed by atoms with Crippen LogP contribution >= 0.6 is 0 Å². The van der Waals surface area contributed by atoms with E-state index in [-0.39, 0.29) is 11.8 Å². The average molecular weight is 401 g/mol. The predicted molar refractivity (Wildman–Crippen MR) is 107 cm³/mol. The van der Waals surface area contributed by atoms with E-state index in [0.29, 0.717) is 31.1 Å². The number of hydrogen-bond donors (Lipinski definition) is 1. The number of nitrogens with zero attached hydrogens (tertiary/aromatic N) is 1. The SMILES string of the molecule is CS(=O)(=O)NC[C@H]1CCCN(C(=O)C2c3ccccc3Oc3ccccc32)C1. The Morgan fingerprint density at radius 2 is 1.71 bits per heavy atom. The van der Waals surface area contributed by atoms with Crippen LogP contribution < -0.4 is 9.46 Å². The van der Waals surface area contributed by atoms with E-state index in [1.54, 1.807) is 0 Å². The van der Waals surface area contributed by atoms with Gasteiger partial charge in [-0.2, -0.15) is 0 Å². The summed E-state index contributed by atoms with van der Waals surface area (Å²) in [4.78, 5) is 15.4. The molecule has 28 heavy (non-hydrogen) atoms. The minimum absolute atomic E-state index is 0.0484. The number of ether oxygens (including phenoxy) is 1. The standard InChI is InChI=1S/C21H24N2O4S/c1-28(25,26)22-13-15-7-6-12-23(14-15)21(24)20-16-8-2-4-10-18(16)27-19-11-5-3-9-17(19)20/h2-5,8-11,15,20,22H,6-7,12-14H2,1H3/t15-/m1/s1. The highest BCUT2D eigenvalue weighted by Gasteiger charge is 2.36. The second-order valence-electron chi connectivity index (χ2n) is 7.52. The monoisotopic (exact) mass is 400 g/mol. The van der Waals surface area contributed by atoms with Gasteiger partial charge in [0.15, 0.2) is 0 Å². The van der Waals surface area contributed by atoms with E-state index < -0.39 is 15.9 Å². The normalized spacial score (nSPS) is 19.5. The van der Waals surface area contributed by atoms with Crippen molar-refractivity contribution in [2.45, 2.75) is 18.8 Å². The number of carbonyl (C=O) groups excluding carboxylic acids is 1. The van der Waals surface area contributed by atoms with Crippen LogP contribution in [-0.2, 0) is 14.8 Å². The lowest BCUT2D eigenvalue weighted by molar-refractivity contribution is -0.133. The number of likely N-dealkylation sites (tertiary alicyclic amines) is 1. The molecule has 1 saturated heterocycles. The minimum atomic E-state index is -3.23. The van der Waals surface area contributed by atoms with Crippen LogP contribution in [0.3, 0.4) is 0 Å². The van der Waals surface area contributed by atoms with Gasteiger partial charge in [0.1, 0.15) is 11.5 Å². The first-order valence-electron chi connectivity index (χ1n) is 9.51. The molecule has 0 bridgehead atoms. The van der Waals surface area contributed by atoms with Crippen LogP contribution in [0.25, 0.3) is 0 Å². The number of nitrogens with one attached hydrogen (secondary N) is 1. The molecule has 0 saturated carbocycles. The van der Waals surface area contributed by atoms with E-state index in [9.17, 15) is 13.2 Å². The van der Waals surface area contributed by atoms with Crippen LogP contribution in [0.5, 0.6) is 11.5 Å². The maximum absolute atomic E-state index is 13.6. The minimum Gasteiger partial charge on any atom is -0.457 e. The lowest BCUT2D eigenvalue weighted by atomic mass is 9.86. The summed E-state index contributed by atoms with van der Waals surface area (Å²) >= 11 is 0. The number of fused-ring (bicyclic) bond motifs is 2. The smallest absolute Gasteiger partial charge is 0.234 e. The Morgan fingerprint density at radius 3 is 2.32 bits per heavy atom. The highest BCUT2D eigenvalue weighted by Crippen LogP contribution is 2.44. The molecule has 1 N–H and O–H groups in total. The summed E-state index contributed by atoms with van der Waals surface area (Å²) in [6, 6.07) is 15.3. The molecule has 6 nitrogen and oxygen atoms in total. The van der Waals surface area contributed by atoms with Gasteiger partial charge in [-0.1, -0.05) is 36.4 Å². The van der Waals surface area contributed by atoms with Crippen molar-refractivity contribution in [2.75, 3.05) is 25.9 Å². The van der Waals surface area contributed by atoms with Gasteiger partial charge in [0, 0.05) is 30.8 Å². The molecule has 0 aromatic heterocycles. The van der Waals surface area contributed by atoms with Gasteiger partial charge in [0.25, 0.3) is 0 Å². The molecule has 2 aromatic rings. The largest absolute Gasteiger partial charge is 0.457 e. The molecule has 2 heterocycles. The Kier molecular flexibility index (Phi) is 5.12. The first kappa shape index (κ1) is 19.0. The third kappa shape index (κ3) is 3.91. The summed E-state index contributed by atoms with van der Waals surface area (Å²) in [6.45, 7) is 1.61. The predicted octanol–water partition coefficient (Wildman–Crippen LogP) is 2.71. The van der Waals surface area contributed by atoms with E-state index in [1.807, 2.05) is 53.4 Å². The van der Waals surface area contributed by atoms with Gasteiger partial charge in [0.2, 0.25) is 15.9 Å². The summed E-state index contributed by atoms with van der Waals surface area (Å²) < 4.78 is 31.4. The highest BCUT2D eigenvalue weighted by molar-refractivity contribution is 7.88. The van der Waals surface area contributed by atoms with Gasteiger partial charge in [-0.15, -0.1) is 0 Å². The van der Waals surface area contributed by atoms with E-state index >= 15 is 0 Å². The fourth-order valence-electron chi connectivity index (χ4n) is 4.06. The van der Waals surface area contributed by atoms with Gasteiger partial charge < -0.3 is 9.64 Å². The number of para-hydroxylation sites is 2. The van der Waals surface area contributed by atoms with Crippen molar-refractivity contribution < 1.29 is 17.9 Å². The van der Waals surface area contributed by atoms with Crippen LogP contribution in [0.2, 0.25) is 0 Å². The third-order valence-electron chi connectivity index (χ3n) is 5.39. The summed E-state index contributed by atoms with van der Waals surface area (Å²) in [5.41, 5.74) is 1.75. The summed E-state index contributed by atoms with van der Waals surface area (Å²) in [5, 5.41) is 0. The number of amides is 1. The quantitative estimate of drug-likeness (QED) is 0.856. The maximum Gasteiger partial charge on any atom is 0.234 e. The van der Waals surface area contributed by atoms with Crippen molar-refractivity contribution in [3.8, 4) is 11.5 Å². The van der Waals surface area contributed by atoms with Gasteiger partial charge >= 0.3 is 0 Å². The summed E-state index contributed by atoms with van der Waals surface area (Å²) in [6.07, 6.45) is 2.94. The highest BCUT2D eigenvalue weighted by atomic mass is 32.2. The van der Waals surface area contributed by atoms with Crippen LogP contribution in [0, 0.1) is 5.92 Å². The first-order valence-corrected chi connectivity index (χ1v) is 11.4. The zero-order valence-corrected chi connectivity index (χ0v) is 16.6. The molecule has 0 radical (unpaired) electrons. The van der Waals surface area contributed by atoms with Crippen LogP contribution in [0.4, 0.5) is 0 Å². The molecule has 1 atom stereocenters. The molecule has 0 spiro atoms. The molecule has 0 unspecified atom stereocenters. The van der Waals surface area contributed by atoms with Crippen LogP contribution in [0.1, 0.15) is 29.9 Å². The maximum atomic E-state index is 13.6. The second kappa shape index (κ2) is 7.56. The number of rotatable bonds is 4. The Labute approximate surface area is 165 Å². The fourth-order valence-corrected chi connectivity index (χ4v) is 4.60. The molecule has 7 heteroatoms. The third-order valence-corrected chi connectivity index (χ3v) is 6.08. The van der Waals surface area contributed by atoms with Gasteiger partial charge in [-0.3, -0.25) is 4.79 Å². The Hall–Kier alpha value is -2.38. The number of sulfonamides is 1. The Morgan fingerprint density at radius 1 is 1.11 bits per heavy atom. The lowest BCUT2D eigenvalue weighted by Gasteiger charge is -2.37. The topological polar surface area (TPSA) is 75.7 Å². The van der Waals surface area contributed by atoms with E-state index in [0.717, 1.165) is 30.2 Å². The molecule has 148 valence electrons. The van der Waals surface area contributed by atoms with Crippen molar-refractivity contribution in [3.05, 3.63) is 59.7 Å². The van der Waals surface area contributed by atoms with Crippen molar-refractivity contribution in [2.24, 2.45) is 5.92 Å². The Bertz CT molecular complexity index is 944. The lowest BCUT2D eigenvalue weighted by Crippen LogP contribution is -2.45. The Balaban J connectivity index is 1.59. The number of piperidine rings is 1. The molecule has 1 fully saturated rings. The van der Waals surface area contributed by atoms with Crippen molar-refractivity contribution in [1.29, 1.82) is 0 Å². The zero-order chi connectivity index (χ0) is 19.7. The number of carbonyl (C=O) groups is 1. The summed E-state index contributed by atoms with van der Waals surface area (Å²) in [5.74, 6) is 1.20. The molecule has 4 rings (SSSR count). The first-order chi connectivity index (χ1) is 13.4. The molecule has 2 aliphatic rings. The van der Waals surface area contributed by atoms with E-state index in [2.05, 4.69) is 4.72 Å². The molecule has 1 amide bonds. The van der Waals surface area contributed by atoms with Crippen molar-refractivity contribution >= 4 is 15.9 Å².